The van der Waals surface area contributed by atoms with Crippen molar-refractivity contribution in [2.45, 2.75) is 19.5 Å². The average Bonchev–Trinajstić information content (AvgIpc) is 2.48. The molecule has 5 nitrogen and oxygen atoms in total. The molecule has 1 N–H and O–H groups in total. The van der Waals surface area contributed by atoms with E-state index in [1.807, 2.05) is 24.3 Å². The summed E-state index contributed by atoms with van der Waals surface area (Å²) in [6, 6.07) is 9.39. The van der Waals surface area contributed by atoms with Gasteiger partial charge in [0.1, 0.15) is 5.75 Å². The molecule has 0 atom stereocenters. The smallest absolute Gasteiger partial charge is 0.267 e. The molecule has 2 heterocycles. The molecule has 1 aliphatic rings. The summed E-state index contributed by atoms with van der Waals surface area (Å²) in [5.74, 6) is 0.790. The number of hydrogen-bond donors (Lipinski definition) is 1. The topological polar surface area (TPSA) is 56.2 Å². The van der Waals surface area contributed by atoms with Gasteiger partial charge in [0.25, 0.3) is 5.56 Å². The minimum atomic E-state index is -0.0599. The molecule has 0 unspecified atom stereocenters. The summed E-state index contributed by atoms with van der Waals surface area (Å²) in [5, 5.41) is 7.73. The van der Waals surface area contributed by atoms with Gasteiger partial charge in [-0.2, -0.15) is 5.10 Å². The van der Waals surface area contributed by atoms with Crippen LogP contribution in [-0.4, -0.2) is 23.4 Å². The molecule has 5 heteroatoms. The SMILES string of the molecule is COc1cccc(Cn2nc3c(cc2=O)CNCC3)c1. The lowest BCUT2D eigenvalue weighted by atomic mass is 10.1. The van der Waals surface area contributed by atoms with Gasteiger partial charge in [-0.3, -0.25) is 4.79 Å². The minimum absolute atomic E-state index is 0.0599. The first-order valence-corrected chi connectivity index (χ1v) is 6.70. The van der Waals surface area contributed by atoms with E-state index < -0.39 is 0 Å². The minimum Gasteiger partial charge on any atom is -0.497 e. The second kappa shape index (κ2) is 5.46. The first-order valence-electron chi connectivity index (χ1n) is 6.70. The highest BCUT2D eigenvalue weighted by molar-refractivity contribution is 5.28. The van der Waals surface area contributed by atoms with E-state index in [0.29, 0.717) is 6.54 Å². The number of rotatable bonds is 3. The van der Waals surface area contributed by atoms with Gasteiger partial charge < -0.3 is 10.1 Å². The summed E-state index contributed by atoms with van der Waals surface area (Å²) in [5.41, 5.74) is 2.98. The molecule has 0 saturated carbocycles. The molecule has 0 aliphatic carbocycles. The molecular formula is C15H17N3O2. The van der Waals surface area contributed by atoms with Crippen LogP contribution in [0.4, 0.5) is 0 Å². The summed E-state index contributed by atoms with van der Waals surface area (Å²) < 4.78 is 6.72. The van der Waals surface area contributed by atoms with Crippen molar-refractivity contribution in [3.8, 4) is 5.75 Å². The highest BCUT2D eigenvalue weighted by Crippen LogP contribution is 2.13. The van der Waals surface area contributed by atoms with Gasteiger partial charge in [-0.05, 0) is 23.3 Å². The van der Waals surface area contributed by atoms with Gasteiger partial charge in [-0.15, -0.1) is 0 Å². The standard InChI is InChI=1S/C15H17N3O2/c1-20-13-4-2-3-11(7-13)10-18-15(19)8-12-9-16-6-5-14(12)17-18/h2-4,7-8,16H,5-6,9-10H2,1H3. The van der Waals surface area contributed by atoms with Crippen molar-refractivity contribution in [1.29, 1.82) is 0 Å². The summed E-state index contributed by atoms with van der Waals surface area (Å²) in [4.78, 5) is 12.1. The van der Waals surface area contributed by atoms with Crippen molar-refractivity contribution >= 4 is 0 Å². The average molecular weight is 271 g/mol. The first kappa shape index (κ1) is 12.9. The number of benzene rings is 1. The zero-order valence-electron chi connectivity index (χ0n) is 11.4. The van der Waals surface area contributed by atoms with Crippen molar-refractivity contribution in [2.24, 2.45) is 0 Å². The van der Waals surface area contributed by atoms with Crippen LogP contribution in [0.25, 0.3) is 0 Å². The Morgan fingerprint density at radius 3 is 3.15 bits per heavy atom. The molecule has 0 amide bonds. The van der Waals surface area contributed by atoms with E-state index >= 15 is 0 Å². The highest BCUT2D eigenvalue weighted by atomic mass is 16.5. The maximum Gasteiger partial charge on any atom is 0.267 e. The summed E-state index contributed by atoms with van der Waals surface area (Å²) >= 11 is 0. The van der Waals surface area contributed by atoms with Gasteiger partial charge in [0.15, 0.2) is 0 Å². The van der Waals surface area contributed by atoms with Crippen LogP contribution in [0.3, 0.4) is 0 Å². The fourth-order valence-electron chi connectivity index (χ4n) is 2.42. The molecular weight excluding hydrogens is 254 g/mol. The lowest BCUT2D eigenvalue weighted by molar-refractivity contribution is 0.414. The Labute approximate surface area is 117 Å². The Morgan fingerprint density at radius 1 is 1.40 bits per heavy atom. The van der Waals surface area contributed by atoms with Gasteiger partial charge in [0, 0.05) is 25.6 Å². The van der Waals surface area contributed by atoms with Crippen LogP contribution in [0.1, 0.15) is 16.8 Å². The number of fused-ring (bicyclic) bond motifs is 1. The number of aromatic nitrogens is 2. The van der Waals surface area contributed by atoms with Crippen LogP contribution < -0.4 is 15.6 Å². The number of methoxy groups -OCH3 is 1. The van der Waals surface area contributed by atoms with Gasteiger partial charge in [-0.1, -0.05) is 12.1 Å². The van der Waals surface area contributed by atoms with E-state index in [0.717, 1.165) is 42.1 Å². The fraction of sp³-hybridized carbons (Fsp3) is 0.333. The molecule has 0 radical (unpaired) electrons. The maximum atomic E-state index is 12.1. The van der Waals surface area contributed by atoms with Crippen LogP contribution in [0.5, 0.6) is 5.75 Å². The third-order valence-corrected chi connectivity index (χ3v) is 3.48. The van der Waals surface area contributed by atoms with Gasteiger partial charge in [0.2, 0.25) is 0 Å². The molecule has 3 rings (SSSR count). The third-order valence-electron chi connectivity index (χ3n) is 3.48. The van der Waals surface area contributed by atoms with E-state index in [4.69, 9.17) is 4.74 Å². The maximum absolute atomic E-state index is 12.1. The predicted octanol–water partition coefficient (Wildman–Crippen LogP) is 0.946. The molecule has 1 aromatic carbocycles. The second-order valence-electron chi connectivity index (χ2n) is 4.89. The van der Waals surface area contributed by atoms with Crippen LogP contribution in [0.2, 0.25) is 0 Å². The molecule has 0 bridgehead atoms. The summed E-state index contributed by atoms with van der Waals surface area (Å²) in [6.45, 7) is 2.12. The lowest BCUT2D eigenvalue weighted by Crippen LogP contribution is -2.31. The zero-order chi connectivity index (χ0) is 13.9. The Hall–Kier alpha value is -2.14. The number of nitrogens with zero attached hydrogens (tertiary/aromatic N) is 2. The molecule has 1 aromatic heterocycles. The monoisotopic (exact) mass is 271 g/mol. The third kappa shape index (κ3) is 2.58. The Kier molecular flexibility index (Phi) is 3.52. The molecule has 0 fully saturated rings. The number of hydrogen-bond acceptors (Lipinski definition) is 4. The quantitative estimate of drug-likeness (QED) is 0.903. The largest absolute Gasteiger partial charge is 0.497 e. The zero-order valence-corrected chi connectivity index (χ0v) is 11.4. The van der Waals surface area contributed by atoms with Crippen LogP contribution in [0, 0.1) is 0 Å². The Balaban J connectivity index is 1.92. The molecule has 0 spiro atoms. The lowest BCUT2D eigenvalue weighted by Gasteiger charge is -2.17. The Morgan fingerprint density at radius 2 is 2.30 bits per heavy atom. The van der Waals surface area contributed by atoms with Gasteiger partial charge in [0.05, 0.1) is 19.3 Å². The summed E-state index contributed by atoms with van der Waals surface area (Å²) in [7, 11) is 1.63. The molecule has 1 aliphatic heterocycles. The van der Waals surface area contributed by atoms with Gasteiger partial charge >= 0.3 is 0 Å². The summed E-state index contributed by atoms with van der Waals surface area (Å²) in [6.07, 6.45) is 0.869. The number of nitrogens with one attached hydrogen (secondary N) is 1. The molecule has 0 saturated heterocycles. The molecule has 2 aromatic rings. The molecule has 20 heavy (non-hydrogen) atoms. The number of ether oxygens (including phenoxy) is 1. The van der Waals surface area contributed by atoms with Crippen LogP contribution in [0.15, 0.2) is 35.1 Å². The fourth-order valence-corrected chi connectivity index (χ4v) is 2.42. The van der Waals surface area contributed by atoms with Crippen molar-refractivity contribution in [3.05, 3.63) is 57.5 Å². The van der Waals surface area contributed by atoms with E-state index in [1.165, 1.54) is 4.68 Å². The van der Waals surface area contributed by atoms with Crippen molar-refractivity contribution < 1.29 is 4.74 Å². The normalized spacial score (nSPS) is 13.8. The Bertz CT molecular complexity index is 679. The van der Waals surface area contributed by atoms with Crippen molar-refractivity contribution in [3.63, 3.8) is 0 Å². The van der Waals surface area contributed by atoms with E-state index in [1.54, 1.807) is 13.2 Å². The first-order chi connectivity index (χ1) is 9.76. The van der Waals surface area contributed by atoms with Crippen LogP contribution >= 0.6 is 0 Å². The van der Waals surface area contributed by atoms with E-state index in [-0.39, 0.29) is 5.56 Å². The predicted molar refractivity (Wildman–Crippen MR) is 76.0 cm³/mol. The highest BCUT2D eigenvalue weighted by Gasteiger charge is 2.12. The second-order valence-corrected chi connectivity index (χ2v) is 4.89. The van der Waals surface area contributed by atoms with E-state index in [2.05, 4.69) is 10.4 Å². The van der Waals surface area contributed by atoms with Crippen molar-refractivity contribution in [2.75, 3.05) is 13.7 Å². The van der Waals surface area contributed by atoms with Crippen LogP contribution in [-0.2, 0) is 19.5 Å². The van der Waals surface area contributed by atoms with Crippen molar-refractivity contribution in [1.82, 2.24) is 15.1 Å². The van der Waals surface area contributed by atoms with E-state index in [9.17, 15) is 4.79 Å². The van der Waals surface area contributed by atoms with Gasteiger partial charge in [-0.25, -0.2) is 4.68 Å². The molecule has 104 valence electrons.